The van der Waals surface area contributed by atoms with Crippen LogP contribution in [0.25, 0.3) is 0 Å². The van der Waals surface area contributed by atoms with Crippen molar-refractivity contribution in [2.75, 3.05) is 30.4 Å². The van der Waals surface area contributed by atoms with E-state index in [0.717, 1.165) is 6.42 Å². The van der Waals surface area contributed by atoms with Crippen LogP contribution in [0.5, 0.6) is 0 Å². The van der Waals surface area contributed by atoms with Crippen molar-refractivity contribution in [1.29, 1.82) is 0 Å². The van der Waals surface area contributed by atoms with Crippen LogP contribution in [0.3, 0.4) is 0 Å². The van der Waals surface area contributed by atoms with E-state index in [1.807, 2.05) is 6.92 Å². The summed E-state index contributed by atoms with van der Waals surface area (Å²) in [6.45, 7) is 2.62. The molecule has 0 spiro atoms. The summed E-state index contributed by atoms with van der Waals surface area (Å²) < 4.78 is 0. The molecule has 2 rings (SSSR count). The first kappa shape index (κ1) is 13.5. The van der Waals surface area contributed by atoms with E-state index in [-0.39, 0.29) is 30.1 Å². The fraction of sp³-hybridized carbons (Fsp3) is 0.636. The van der Waals surface area contributed by atoms with Gasteiger partial charge in [0.25, 0.3) is 0 Å². The van der Waals surface area contributed by atoms with Crippen molar-refractivity contribution in [3.05, 3.63) is 16.3 Å². The zero-order valence-corrected chi connectivity index (χ0v) is 10.9. The van der Waals surface area contributed by atoms with Gasteiger partial charge in [-0.15, -0.1) is 0 Å². The van der Waals surface area contributed by atoms with Crippen molar-refractivity contribution in [1.82, 2.24) is 9.97 Å². The third-order valence-corrected chi connectivity index (χ3v) is 3.51. The molecule has 0 amide bonds. The summed E-state index contributed by atoms with van der Waals surface area (Å²) in [6.07, 6.45) is 2.08. The molecule has 0 aliphatic carbocycles. The minimum absolute atomic E-state index is 0.0444. The van der Waals surface area contributed by atoms with Crippen molar-refractivity contribution >= 4 is 17.5 Å². The minimum atomic E-state index is -0.494. The van der Waals surface area contributed by atoms with E-state index in [9.17, 15) is 15.2 Å². The van der Waals surface area contributed by atoms with Crippen molar-refractivity contribution in [2.24, 2.45) is 5.92 Å². The molecule has 2 atom stereocenters. The first-order valence-electron chi connectivity index (χ1n) is 6.15. The van der Waals surface area contributed by atoms with Gasteiger partial charge in [0, 0.05) is 13.6 Å². The maximum Gasteiger partial charge on any atom is 0.329 e. The van der Waals surface area contributed by atoms with Crippen LogP contribution >= 0.6 is 0 Å². The number of aromatic nitrogens is 2. The van der Waals surface area contributed by atoms with Gasteiger partial charge in [-0.1, -0.05) is 6.92 Å². The SMILES string of the molecule is CNc1ncc([N+](=O)[O-])c(N2CCC(C)C2CO)n1. The second-order valence-electron chi connectivity index (χ2n) is 4.62. The van der Waals surface area contributed by atoms with Crippen molar-refractivity contribution < 1.29 is 10.0 Å². The fourth-order valence-electron chi connectivity index (χ4n) is 2.38. The van der Waals surface area contributed by atoms with Crippen molar-refractivity contribution in [2.45, 2.75) is 19.4 Å². The molecule has 8 heteroatoms. The summed E-state index contributed by atoms with van der Waals surface area (Å²) >= 11 is 0. The van der Waals surface area contributed by atoms with Crippen LogP contribution in [0.1, 0.15) is 13.3 Å². The van der Waals surface area contributed by atoms with E-state index in [1.54, 1.807) is 11.9 Å². The molecule has 1 aromatic heterocycles. The molecule has 2 heterocycles. The summed E-state index contributed by atoms with van der Waals surface area (Å²) in [4.78, 5) is 20.4. The van der Waals surface area contributed by atoms with Gasteiger partial charge in [-0.3, -0.25) is 10.1 Å². The number of nitro groups is 1. The number of hydrogen-bond donors (Lipinski definition) is 2. The van der Waals surface area contributed by atoms with Crippen LogP contribution in [0.2, 0.25) is 0 Å². The molecule has 0 bridgehead atoms. The second-order valence-corrected chi connectivity index (χ2v) is 4.62. The highest BCUT2D eigenvalue weighted by molar-refractivity contribution is 5.60. The van der Waals surface area contributed by atoms with E-state index in [1.165, 1.54) is 6.20 Å². The molecular formula is C11H17N5O3. The van der Waals surface area contributed by atoms with E-state index in [2.05, 4.69) is 15.3 Å². The predicted molar refractivity (Wildman–Crippen MR) is 70.2 cm³/mol. The molecule has 1 aromatic rings. The standard InChI is InChI=1S/C11H17N5O3/c1-7-3-4-15(9(7)6-17)10-8(16(18)19)5-13-11(12-2)14-10/h5,7,9,17H,3-4,6H2,1-2H3,(H,12,13,14). The maximum absolute atomic E-state index is 11.1. The first-order chi connectivity index (χ1) is 9.08. The monoisotopic (exact) mass is 267 g/mol. The molecule has 19 heavy (non-hydrogen) atoms. The van der Waals surface area contributed by atoms with Gasteiger partial charge in [-0.05, 0) is 12.3 Å². The van der Waals surface area contributed by atoms with Gasteiger partial charge in [0.2, 0.25) is 11.8 Å². The van der Waals surface area contributed by atoms with E-state index in [4.69, 9.17) is 0 Å². The number of aliphatic hydroxyl groups is 1. The van der Waals surface area contributed by atoms with Gasteiger partial charge < -0.3 is 15.3 Å². The Bertz CT molecular complexity index is 481. The molecule has 1 aliphatic heterocycles. The van der Waals surface area contributed by atoms with Gasteiger partial charge in [-0.2, -0.15) is 4.98 Å². The Kier molecular flexibility index (Phi) is 3.79. The van der Waals surface area contributed by atoms with E-state index in [0.29, 0.717) is 12.5 Å². The molecule has 1 aliphatic rings. The largest absolute Gasteiger partial charge is 0.394 e. The van der Waals surface area contributed by atoms with Crippen LogP contribution in [0.4, 0.5) is 17.5 Å². The average Bonchev–Trinajstić information content (AvgIpc) is 2.78. The normalized spacial score (nSPS) is 22.6. The first-order valence-corrected chi connectivity index (χ1v) is 6.15. The Labute approximate surface area is 110 Å². The Morgan fingerprint density at radius 2 is 2.42 bits per heavy atom. The lowest BCUT2D eigenvalue weighted by molar-refractivity contribution is -0.384. The molecular weight excluding hydrogens is 250 g/mol. The van der Waals surface area contributed by atoms with Crippen LogP contribution in [0.15, 0.2) is 6.20 Å². The lowest BCUT2D eigenvalue weighted by Gasteiger charge is -2.25. The third-order valence-electron chi connectivity index (χ3n) is 3.51. The van der Waals surface area contributed by atoms with E-state index < -0.39 is 4.92 Å². The number of aliphatic hydroxyl groups excluding tert-OH is 1. The zero-order chi connectivity index (χ0) is 14.0. The van der Waals surface area contributed by atoms with E-state index >= 15 is 0 Å². The van der Waals surface area contributed by atoms with Crippen molar-refractivity contribution in [3.8, 4) is 0 Å². The second kappa shape index (κ2) is 5.35. The molecule has 104 valence electrons. The molecule has 2 unspecified atom stereocenters. The van der Waals surface area contributed by atoms with Crippen LogP contribution in [0, 0.1) is 16.0 Å². The lowest BCUT2D eigenvalue weighted by atomic mass is 10.0. The molecule has 1 fully saturated rings. The Morgan fingerprint density at radius 1 is 1.68 bits per heavy atom. The van der Waals surface area contributed by atoms with Gasteiger partial charge in [0.1, 0.15) is 6.20 Å². The van der Waals surface area contributed by atoms with Gasteiger partial charge in [0.15, 0.2) is 0 Å². The van der Waals surface area contributed by atoms with Crippen molar-refractivity contribution in [3.63, 3.8) is 0 Å². The number of anilines is 2. The van der Waals surface area contributed by atoms with Gasteiger partial charge in [-0.25, -0.2) is 4.98 Å². The third kappa shape index (κ3) is 2.43. The smallest absolute Gasteiger partial charge is 0.329 e. The zero-order valence-electron chi connectivity index (χ0n) is 10.9. The Hall–Kier alpha value is -1.96. The topological polar surface area (TPSA) is 104 Å². The summed E-state index contributed by atoms with van der Waals surface area (Å²) in [5.41, 5.74) is -0.133. The molecule has 1 saturated heterocycles. The molecule has 2 N–H and O–H groups in total. The highest BCUT2D eigenvalue weighted by atomic mass is 16.6. The van der Waals surface area contributed by atoms with Crippen LogP contribution in [-0.4, -0.2) is 46.2 Å². The molecule has 0 aromatic carbocycles. The lowest BCUT2D eigenvalue weighted by Crippen LogP contribution is -2.36. The molecule has 0 saturated carbocycles. The summed E-state index contributed by atoms with van der Waals surface area (Å²) in [5, 5.41) is 23.3. The fourth-order valence-corrected chi connectivity index (χ4v) is 2.38. The quantitative estimate of drug-likeness (QED) is 0.609. The minimum Gasteiger partial charge on any atom is -0.394 e. The highest BCUT2D eigenvalue weighted by Crippen LogP contribution is 2.34. The Morgan fingerprint density at radius 3 is 3.00 bits per heavy atom. The van der Waals surface area contributed by atoms with Gasteiger partial charge in [0.05, 0.1) is 17.6 Å². The number of nitrogens with zero attached hydrogens (tertiary/aromatic N) is 4. The van der Waals surface area contributed by atoms with Crippen LogP contribution in [-0.2, 0) is 0 Å². The number of nitrogens with one attached hydrogen (secondary N) is 1. The predicted octanol–water partition coefficient (Wildman–Crippen LogP) is 0.634. The summed E-state index contributed by atoms with van der Waals surface area (Å²) in [5.74, 6) is 0.877. The summed E-state index contributed by atoms with van der Waals surface area (Å²) in [6, 6.07) is -0.140. The maximum atomic E-state index is 11.1. The number of rotatable bonds is 4. The average molecular weight is 267 g/mol. The Balaban J connectivity index is 2.44. The molecule has 8 nitrogen and oxygen atoms in total. The summed E-state index contributed by atoms with van der Waals surface area (Å²) in [7, 11) is 1.65. The molecule has 0 radical (unpaired) electrons. The highest BCUT2D eigenvalue weighted by Gasteiger charge is 2.35. The van der Waals surface area contributed by atoms with Crippen LogP contribution < -0.4 is 10.2 Å². The number of hydrogen-bond acceptors (Lipinski definition) is 7. The van der Waals surface area contributed by atoms with Gasteiger partial charge >= 0.3 is 5.69 Å².